The summed E-state index contributed by atoms with van der Waals surface area (Å²) in [5.41, 5.74) is 2.43. The number of carbonyl (C=O) groups is 2. The van der Waals surface area contributed by atoms with E-state index < -0.39 is 0 Å². The number of nitrogens with one attached hydrogen (secondary N) is 1. The zero-order valence-electron chi connectivity index (χ0n) is 12.7. The van der Waals surface area contributed by atoms with E-state index in [4.69, 9.17) is 0 Å². The van der Waals surface area contributed by atoms with Gasteiger partial charge in [0, 0.05) is 26.9 Å². The van der Waals surface area contributed by atoms with Crippen molar-refractivity contribution in [3.8, 4) is 0 Å². The van der Waals surface area contributed by atoms with Crippen LogP contribution in [0, 0.1) is 0 Å². The van der Waals surface area contributed by atoms with E-state index in [-0.39, 0.29) is 11.7 Å². The van der Waals surface area contributed by atoms with Crippen molar-refractivity contribution in [2.45, 2.75) is 0 Å². The van der Waals surface area contributed by atoms with Gasteiger partial charge in [0.15, 0.2) is 5.78 Å². The molecule has 0 saturated carbocycles. The van der Waals surface area contributed by atoms with Gasteiger partial charge in [0.25, 0.3) is 5.91 Å². The summed E-state index contributed by atoms with van der Waals surface area (Å²) in [6, 6.07) is 23.2. The molecular weight excluding hydrogens is 366 g/mol. The minimum Gasteiger partial charge on any atom is -0.322 e. The fourth-order valence-corrected chi connectivity index (χ4v) is 2.69. The number of benzene rings is 3. The van der Waals surface area contributed by atoms with Crippen molar-refractivity contribution in [3.63, 3.8) is 0 Å². The van der Waals surface area contributed by atoms with Crippen molar-refractivity contribution >= 4 is 33.3 Å². The summed E-state index contributed by atoms with van der Waals surface area (Å²) in [4.78, 5) is 24.6. The Labute approximate surface area is 148 Å². The van der Waals surface area contributed by atoms with Crippen molar-refractivity contribution in [2.75, 3.05) is 5.32 Å². The van der Waals surface area contributed by atoms with Gasteiger partial charge in [-0.2, -0.15) is 0 Å². The normalized spacial score (nSPS) is 10.2. The summed E-state index contributed by atoms with van der Waals surface area (Å²) in [6.07, 6.45) is 0. The highest BCUT2D eigenvalue weighted by atomic mass is 79.9. The number of amides is 1. The minimum absolute atomic E-state index is 0.0412. The highest BCUT2D eigenvalue weighted by Crippen LogP contribution is 2.16. The molecule has 0 fully saturated rings. The van der Waals surface area contributed by atoms with Crippen LogP contribution in [0.3, 0.4) is 0 Å². The first-order chi connectivity index (χ1) is 11.6. The summed E-state index contributed by atoms with van der Waals surface area (Å²) >= 11 is 3.35. The van der Waals surface area contributed by atoms with E-state index in [1.807, 2.05) is 24.3 Å². The number of carbonyl (C=O) groups excluding carboxylic acids is 2. The molecule has 0 aromatic heterocycles. The van der Waals surface area contributed by atoms with E-state index in [2.05, 4.69) is 21.2 Å². The molecule has 1 N–H and O–H groups in total. The van der Waals surface area contributed by atoms with Crippen molar-refractivity contribution in [1.82, 2.24) is 0 Å². The number of halogens is 1. The maximum Gasteiger partial charge on any atom is 0.255 e. The molecule has 3 aromatic rings. The van der Waals surface area contributed by atoms with E-state index in [1.54, 1.807) is 54.6 Å². The van der Waals surface area contributed by atoms with E-state index in [9.17, 15) is 9.59 Å². The van der Waals surface area contributed by atoms with Gasteiger partial charge in [0.1, 0.15) is 0 Å². The lowest BCUT2D eigenvalue weighted by atomic mass is 10.0. The van der Waals surface area contributed by atoms with Crippen LogP contribution >= 0.6 is 15.9 Å². The third kappa shape index (κ3) is 3.78. The molecule has 1 amide bonds. The van der Waals surface area contributed by atoms with Crippen LogP contribution in [0.2, 0.25) is 0 Å². The van der Waals surface area contributed by atoms with Gasteiger partial charge in [0.2, 0.25) is 0 Å². The van der Waals surface area contributed by atoms with E-state index in [1.165, 1.54) is 0 Å². The van der Waals surface area contributed by atoms with Crippen molar-refractivity contribution in [2.24, 2.45) is 0 Å². The predicted octanol–water partition coefficient (Wildman–Crippen LogP) is 4.93. The minimum atomic E-state index is -0.196. The monoisotopic (exact) mass is 379 g/mol. The second-order valence-corrected chi connectivity index (χ2v) is 6.15. The molecule has 0 bridgehead atoms. The predicted molar refractivity (Wildman–Crippen MR) is 98.4 cm³/mol. The number of hydrogen-bond acceptors (Lipinski definition) is 2. The Kier molecular flexibility index (Phi) is 4.87. The van der Waals surface area contributed by atoms with E-state index in [0.29, 0.717) is 22.4 Å². The van der Waals surface area contributed by atoms with Gasteiger partial charge in [0.05, 0.1) is 0 Å². The molecule has 3 aromatic carbocycles. The Bertz CT molecular complexity index is 874. The molecule has 3 nitrogen and oxygen atoms in total. The summed E-state index contributed by atoms with van der Waals surface area (Å²) < 4.78 is 0.846. The highest BCUT2D eigenvalue weighted by molar-refractivity contribution is 9.10. The van der Waals surface area contributed by atoms with Crippen molar-refractivity contribution < 1.29 is 9.59 Å². The van der Waals surface area contributed by atoms with E-state index >= 15 is 0 Å². The molecule has 0 aliphatic carbocycles. The molecule has 0 atom stereocenters. The second kappa shape index (κ2) is 7.23. The van der Waals surface area contributed by atoms with Gasteiger partial charge in [-0.3, -0.25) is 9.59 Å². The van der Waals surface area contributed by atoms with Gasteiger partial charge in [-0.15, -0.1) is 0 Å². The van der Waals surface area contributed by atoms with Crippen LogP contribution in [0.5, 0.6) is 0 Å². The second-order valence-electron chi connectivity index (χ2n) is 5.24. The zero-order chi connectivity index (χ0) is 16.9. The smallest absolute Gasteiger partial charge is 0.255 e. The first kappa shape index (κ1) is 16.1. The number of hydrogen-bond donors (Lipinski definition) is 1. The van der Waals surface area contributed by atoms with Gasteiger partial charge < -0.3 is 5.32 Å². The lowest BCUT2D eigenvalue weighted by Gasteiger charge is -2.07. The van der Waals surface area contributed by atoms with Crippen LogP contribution in [0.25, 0.3) is 0 Å². The van der Waals surface area contributed by atoms with Gasteiger partial charge >= 0.3 is 0 Å². The molecule has 0 aliphatic heterocycles. The van der Waals surface area contributed by atoms with Gasteiger partial charge in [-0.05, 0) is 42.5 Å². The molecule has 0 radical (unpaired) electrons. The lowest BCUT2D eigenvalue weighted by molar-refractivity contribution is 0.102. The lowest BCUT2D eigenvalue weighted by Crippen LogP contribution is -2.12. The molecule has 3 rings (SSSR count). The van der Waals surface area contributed by atoms with Crippen molar-refractivity contribution in [1.29, 1.82) is 0 Å². The average Bonchev–Trinajstić information content (AvgIpc) is 2.62. The third-order valence-corrected chi connectivity index (χ3v) is 4.02. The summed E-state index contributed by atoms with van der Waals surface area (Å²) in [6.45, 7) is 0. The molecule has 4 heteroatoms. The molecule has 0 spiro atoms. The van der Waals surface area contributed by atoms with Gasteiger partial charge in [-0.1, -0.05) is 52.3 Å². The standard InChI is InChI=1S/C20H14BrNO2/c21-17-8-4-7-16(13-17)20(24)22-18-11-9-15(10-12-18)19(23)14-5-2-1-3-6-14/h1-13H,(H,22,24). The quantitative estimate of drug-likeness (QED) is 0.653. The zero-order valence-corrected chi connectivity index (χ0v) is 14.3. The highest BCUT2D eigenvalue weighted by Gasteiger charge is 2.10. The Hall–Kier alpha value is -2.72. The molecular formula is C20H14BrNO2. The fourth-order valence-electron chi connectivity index (χ4n) is 2.29. The molecule has 0 saturated heterocycles. The third-order valence-electron chi connectivity index (χ3n) is 3.53. The maximum atomic E-state index is 12.3. The fraction of sp³-hybridized carbons (Fsp3) is 0. The van der Waals surface area contributed by atoms with Crippen LogP contribution in [0.4, 0.5) is 5.69 Å². The Balaban J connectivity index is 1.73. The first-order valence-electron chi connectivity index (χ1n) is 7.40. The van der Waals surface area contributed by atoms with Crippen LogP contribution in [-0.2, 0) is 0 Å². The Morgan fingerprint density at radius 3 is 2.00 bits per heavy atom. The first-order valence-corrected chi connectivity index (χ1v) is 8.19. The number of ketones is 1. The Morgan fingerprint density at radius 2 is 1.33 bits per heavy atom. The van der Waals surface area contributed by atoms with Gasteiger partial charge in [-0.25, -0.2) is 0 Å². The summed E-state index contributed by atoms with van der Waals surface area (Å²) in [5, 5.41) is 2.82. The SMILES string of the molecule is O=C(Nc1ccc(C(=O)c2ccccc2)cc1)c1cccc(Br)c1. The number of anilines is 1. The van der Waals surface area contributed by atoms with Crippen molar-refractivity contribution in [3.05, 3.63) is 100 Å². The molecule has 0 aliphatic rings. The van der Waals surface area contributed by atoms with E-state index in [0.717, 1.165) is 4.47 Å². The average molecular weight is 380 g/mol. The Morgan fingerprint density at radius 1 is 0.708 bits per heavy atom. The van der Waals surface area contributed by atoms with Crippen LogP contribution in [0.1, 0.15) is 26.3 Å². The molecule has 0 heterocycles. The summed E-state index contributed by atoms with van der Waals surface area (Å²) in [7, 11) is 0. The number of rotatable bonds is 4. The molecule has 0 unspecified atom stereocenters. The largest absolute Gasteiger partial charge is 0.322 e. The molecule has 118 valence electrons. The van der Waals surface area contributed by atoms with Crippen LogP contribution in [0.15, 0.2) is 83.3 Å². The van der Waals surface area contributed by atoms with Crippen LogP contribution in [-0.4, -0.2) is 11.7 Å². The summed E-state index contributed by atoms with van der Waals surface area (Å²) in [5.74, 6) is -0.237. The van der Waals surface area contributed by atoms with Crippen LogP contribution < -0.4 is 5.32 Å². The topological polar surface area (TPSA) is 46.2 Å². The molecule has 24 heavy (non-hydrogen) atoms. The maximum absolute atomic E-state index is 12.3.